The molecule has 0 unspecified atom stereocenters. The van der Waals surface area contributed by atoms with Crippen LogP contribution >= 0.6 is 0 Å². The van der Waals surface area contributed by atoms with E-state index in [1.807, 2.05) is 74.8 Å². The van der Waals surface area contributed by atoms with Crippen LogP contribution in [0, 0.1) is 0 Å². The lowest BCUT2D eigenvalue weighted by Crippen LogP contribution is -2.50. The van der Waals surface area contributed by atoms with Crippen molar-refractivity contribution in [3.05, 3.63) is 30.3 Å². The van der Waals surface area contributed by atoms with E-state index in [9.17, 15) is 4.79 Å². The first-order chi connectivity index (χ1) is 12.7. The fourth-order valence-electron chi connectivity index (χ4n) is 2.87. The molecule has 1 saturated heterocycles. The van der Waals surface area contributed by atoms with Crippen LogP contribution in [0.3, 0.4) is 0 Å². The Morgan fingerprint density at radius 3 is 2.26 bits per heavy atom. The zero-order chi connectivity index (χ0) is 19.6. The minimum atomic E-state index is -0.481. The van der Waals surface area contributed by atoms with E-state index in [1.54, 1.807) is 4.90 Å². The largest absolute Gasteiger partial charge is 0.444 e. The lowest BCUT2D eigenvalue weighted by molar-refractivity contribution is 0.0240. The first-order valence-electron chi connectivity index (χ1n) is 9.17. The molecule has 1 aromatic heterocycles. The number of piperazine rings is 1. The number of hydrogen-bond acceptors (Lipinski definition) is 6. The minimum absolute atomic E-state index is 0.265. The maximum Gasteiger partial charge on any atom is 0.410 e. The average Bonchev–Trinajstić information content (AvgIpc) is 3.07. The van der Waals surface area contributed by atoms with Crippen LogP contribution in [0.5, 0.6) is 0 Å². The van der Waals surface area contributed by atoms with Crippen molar-refractivity contribution >= 4 is 18.0 Å². The van der Waals surface area contributed by atoms with Gasteiger partial charge in [-0.25, -0.2) is 4.79 Å². The van der Waals surface area contributed by atoms with E-state index in [-0.39, 0.29) is 6.09 Å². The number of aromatic nitrogens is 3. The summed E-state index contributed by atoms with van der Waals surface area (Å²) in [7, 11) is 3.90. The van der Waals surface area contributed by atoms with Gasteiger partial charge in [-0.15, -0.1) is 5.10 Å². The first-order valence-corrected chi connectivity index (χ1v) is 9.17. The summed E-state index contributed by atoms with van der Waals surface area (Å²) in [6.07, 6.45) is -0.265. The highest BCUT2D eigenvalue weighted by Crippen LogP contribution is 2.21. The summed E-state index contributed by atoms with van der Waals surface area (Å²) in [6, 6.07) is 9.95. The molecule has 1 aliphatic rings. The molecule has 8 nitrogen and oxygen atoms in total. The van der Waals surface area contributed by atoms with Crippen molar-refractivity contribution in [1.82, 2.24) is 19.7 Å². The van der Waals surface area contributed by atoms with Gasteiger partial charge in [0, 0.05) is 40.3 Å². The first kappa shape index (κ1) is 19.0. The number of anilines is 2. The molecule has 8 heteroatoms. The topological polar surface area (TPSA) is 66.7 Å². The van der Waals surface area contributed by atoms with Crippen molar-refractivity contribution in [1.29, 1.82) is 0 Å². The van der Waals surface area contributed by atoms with E-state index in [0.717, 1.165) is 11.6 Å². The number of amides is 1. The SMILES string of the molecule is CN(C)c1nc(N2CCN(C(=O)OC(C)(C)C)CC2)nn1-c1ccccc1. The lowest BCUT2D eigenvalue weighted by atomic mass is 10.2. The summed E-state index contributed by atoms with van der Waals surface area (Å²) in [5.74, 6) is 1.44. The number of carbonyl (C=O) groups is 1. The quantitative estimate of drug-likeness (QED) is 0.824. The van der Waals surface area contributed by atoms with E-state index in [0.29, 0.717) is 32.1 Å². The van der Waals surface area contributed by atoms with Gasteiger partial charge >= 0.3 is 6.09 Å². The number of rotatable bonds is 3. The van der Waals surface area contributed by atoms with Crippen LogP contribution in [0.2, 0.25) is 0 Å². The Kier molecular flexibility index (Phi) is 5.25. The van der Waals surface area contributed by atoms with Gasteiger partial charge in [-0.2, -0.15) is 9.67 Å². The molecule has 1 aliphatic heterocycles. The molecule has 0 N–H and O–H groups in total. The van der Waals surface area contributed by atoms with Crippen molar-refractivity contribution < 1.29 is 9.53 Å². The number of carbonyl (C=O) groups excluding carboxylic acids is 1. The van der Waals surface area contributed by atoms with E-state index in [2.05, 4.69) is 4.90 Å². The van der Waals surface area contributed by atoms with Crippen LogP contribution in [0.25, 0.3) is 5.69 Å². The monoisotopic (exact) mass is 372 g/mol. The fraction of sp³-hybridized carbons (Fsp3) is 0.526. The van der Waals surface area contributed by atoms with Crippen LogP contribution in [0.15, 0.2) is 30.3 Å². The van der Waals surface area contributed by atoms with Crippen LogP contribution < -0.4 is 9.80 Å². The Balaban J connectivity index is 1.72. The second-order valence-corrected chi connectivity index (χ2v) is 7.81. The molecule has 0 spiro atoms. The third kappa shape index (κ3) is 4.50. The van der Waals surface area contributed by atoms with Crippen molar-refractivity contribution in [3.8, 4) is 5.69 Å². The minimum Gasteiger partial charge on any atom is -0.444 e. The molecule has 2 aromatic rings. The lowest BCUT2D eigenvalue weighted by Gasteiger charge is -2.35. The zero-order valence-electron chi connectivity index (χ0n) is 16.7. The summed E-state index contributed by atoms with van der Waals surface area (Å²) < 4.78 is 7.30. The van der Waals surface area contributed by atoms with Crippen molar-refractivity contribution in [2.45, 2.75) is 26.4 Å². The second kappa shape index (κ2) is 7.46. The maximum absolute atomic E-state index is 12.2. The van der Waals surface area contributed by atoms with Gasteiger partial charge in [-0.1, -0.05) is 18.2 Å². The molecule has 0 atom stereocenters. The maximum atomic E-state index is 12.2. The van der Waals surface area contributed by atoms with E-state index in [4.69, 9.17) is 14.8 Å². The van der Waals surface area contributed by atoms with Gasteiger partial charge in [0.15, 0.2) is 0 Å². The predicted molar refractivity (Wildman–Crippen MR) is 106 cm³/mol. The molecule has 0 radical (unpaired) electrons. The van der Waals surface area contributed by atoms with Crippen molar-refractivity contribution in [3.63, 3.8) is 0 Å². The highest BCUT2D eigenvalue weighted by molar-refractivity contribution is 5.68. The number of ether oxygens (including phenoxy) is 1. The summed E-state index contributed by atoms with van der Waals surface area (Å²) in [5, 5.41) is 4.71. The van der Waals surface area contributed by atoms with E-state index in [1.165, 1.54) is 0 Å². The normalized spacial score (nSPS) is 15.0. The standard InChI is InChI=1S/C19H28N6O2/c1-19(2,3)27-18(26)24-13-11-23(12-14-24)16-20-17(22(4)5)25(21-16)15-9-7-6-8-10-15/h6-10H,11-14H2,1-5H3. The highest BCUT2D eigenvalue weighted by Gasteiger charge is 2.28. The van der Waals surface area contributed by atoms with Crippen LogP contribution in [0.1, 0.15) is 20.8 Å². The molecule has 27 heavy (non-hydrogen) atoms. The number of hydrogen-bond donors (Lipinski definition) is 0. The molecular formula is C19H28N6O2. The molecule has 0 bridgehead atoms. The van der Waals surface area contributed by atoms with Gasteiger partial charge in [-0.3, -0.25) is 0 Å². The van der Waals surface area contributed by atoms with Gasteiger partial charge in [0.2, 0.25) is 11.9 Å². The Bertz CT molecular complexity index is 773. The molecule has 2 heterocycles. The van der Waals surface area contributed by atoms with E-state index >= 15 is 0 Å². The number of para-hydroxylation sites is 1. The van der Waals surface area contributed by atoms with E-state index < -0.39 is 5.60 Å². The van der Waals surface area contributed by atoms with Gasteiger partial charge in [0.05, 0.1) is 5.69 Å². The highest BCUT2D eigenvalue weighted by atomic mass is 16.6. The average molecular weight is 372 g/mol. The van der Waals surface area contributed by atoms with Gasteiger partial charge in [0.25, 0.3) is 0 Å². The summed E-state index contributed by atoms with van der Waals surface area (Å²) in [4.78, 5) is 22.7. The zero-order valence-corrected chi connectivity index (χ0v) is 16.7. The van der Waals surface area contributed by atoms with Crippen LogP contribution in [-0.2, 0) is 4.74 Å². The molecule has 1 aromatic carbocycles. The predicted octanol–water partition coefficient (Wildman–Crippen LogP) is 2.39. The summed E-state index contributed by atoms with van der Waals surface area (Å²) in [6.45, 7) is 8.16. The number of benzene rings is 1. The van der Waals surface area contributed by atoms with Gasteiger partial charge in [0.1, 0.15) is 5.60 Å². The Labute approximate surface area is 160 Å². The Morgan fingerprint density at radius 1 is 1.07 bits per heavy atom. The summed E-state index contributed by atoms with van der Waals surface area (Å²) >= 11 is 0. The molecule has 146 valence electrons. The summed E-state index contributed by atoms with van der Waals surface area (Å²) in [5.41, 5.74) is 0.484. The third-order valence-electron chi connectivity index (χ3n) is 4.19. The second-order valence-electron chi connectivity index (χ2n) is 7.81. The molecule has 0 aliphatic carbocycles. The van der Waals surface area contributed by atoms with Crippen LogP contribution in [0.4, 0.5) is 16.7 Å². The molecular weight excluding hydrogens is 344 g/mol. The van der Waals surface area contributed by atoms with Gasteiger partial charge in [-0.05, 0) is 32.9 Å². The number of nitrogens with zero attached hydrogens (tertiary/aromatic N) is 6. The Hall–Kier alpha value is -2.77. The Morgan fingerprint density at radius 2 is 1.70 bits per heavy atom. The molecule has 1 fully saturated rings. The van der Waals surface area contributed by atoms with Crippen LogP contribution in [-0.4, -0.2) is 71.6 Å². The van der Waals surface area contributed by atoms with Crippen molar-refractivity contribution in [2.75, 3.05) is 50.1 Å². The van der Waals surface area contributed by atoms with Crippen molar-refractivity contribution in [2.24, 2.45) is 0 Å². The fourth-order valence-corrected chi connectivity index (χ4v) is 2.87. The van der Waals surface area contributed by atoms with Gasteiger partial charge < -0.3 is 19.4 Å². The molecule has 3 rings (SSSR count). The molecule has 1 amide bonds. The molecule has 0 saturated carbocycles. The smallest absolute Gasteiger partial charge is 0.410 e. The third-order valence-corrected chi connectivity index (χ3v) is 4.19.